The molecule has 0 aromatic carbocycles. The van der Waals surface area contributed by atoms with Gasteiger partial charge in [0.05, 0.1) is 18.6 Å². The van der Waals surface area contributed by atoms with Crippen molar-refractivity contribution in [3.05, 3.63) is 0 Å². The van der Waals surface area contributed by atoms with Gasteiger partial charge in [-0.05, 0) is 32.6 Å². The van der Waals surface area contributed by atoms with Crippen LogP contribution in [0.3, 0.4) is 0 Å². The van der Waals surface area contributed by atoms with Crippen LogP contribution in [0.15, 0.2) is 0 Å². The van der Waals surface area contributed by atoms with E-state index in [1.54, 1.807) is 6.92 Å². The molecule has 6 nitrogen and oxygen atoms in total. The Morgan fingerprint density at radius 1 is 1.23 bits per heavy atom. The molecule has 1 aliphatic heterocycles. The fraction of sp³-hybridized carbons (Fsp3) is 0.812. The second-order valence-electron chi connectivity index (χ2n) is 5.17. The highest BCUT2D eigenvalue weighted by atomic mass is 16.5. The monoisotopic (exact) mass is 316 g/mol. The van der Waals surface area contributed by atoms with Crippen LogP contribution in [0.2, 0.25) is 0 Å². The lowest BCUT2D eigenvalue weighted by atomic mass is 9.93. The number of carboxylic acids is 1. The summed E-state index contributed by atoms with van der Waals surface area (Å²) in [7, 11) is 0. The average molecular weight is 316 g/mol. The van der Waals surface area contributed by atoms with E-state index in [-0.39, 0.29) is 24.2 Å². The number of hydrogen-bond donors (Lipinski definition) is 1. The van der Waals surface area contributed by atoms with Gasteiger partial charge in [0.25, 0.3) is 0 Å². The molecule has 0 spiro atoms. The van der Waals surface area contributed by atoms with E-state index in [1.807, 2.05) is 13.8 Å². The maximum absolute atomic E-state index is 10.8. The van der Waals surface area contributed by atoms with Crippen molar-refractivity contribution in [1.29, 1.82) is 0 Å². The van der Waals surface area contributed by atoms with E-state index in [0.717, 1.165) is 32.3 Å². The van der Waals surface area contributed by atoms with Crippen LogP contribution in [0, 0.1) is 5.92 Å². The van der Waals surface area contributed by atoms with E-state index in [4.69, 9.17) is 9.84 Å². The van der Waals surface area contributed by atoms with Crippen LogP contribution >= 0.6 is 0 Å². The van der Waals surface area contributed by atoms with E-state index >= 15 is 0 Å². The Kier molecular flexibility index (Phi) is 11.4. The molecule has 1 fully saturated rings. The maximum Gasteiger partial charge on any atom is 0.313 e. The Balaban J connectivity index is 0.000000401. The van der Waals surface area contributed by atoms with Crippen molar-refractivity contribution in [2.24, 2.45) is 5.92 Å². The second-order valence-corrected chi connectivity index (χ2v) is 5.17. The lowest BCUT2D eigenvalue weighted by Crippen LogP contribution is -2.34. The van der Waals surface area contributed by atoms with Crippen LogP contribution in [0.1, 0.15) is 59.3 Å². The van der Waals surface area contributed by atoms with Crippen molar-refractivity contribution in [2.45, 2.75) is 65.4 Å². The van der Waals surface area contributed by atoms with Gasteiger partial charge in [0.1, 0.15) is 12.2 Å². The molecule has 1 aliphatic rings. The minimum atomic E-state index is -0.712. The first-order valence-electron chi connectivity index (χ1n) is 7.97. The van der Waals surface area contributed by atoms with Crippen LogP contribution in [-0.4, -0.2) is 42.1 Å². The summed E-state index contributed by atoms with van der Waals surface area (Å²) < 4.78 is 9.92. The highest BCUT2D eigenvalue weighted by Crippen LogP contribution is 2.22. The summed E-state index contributed by atoms with van der Waals surface area (Å²) in [6.45, 7) is 6.66. The van der Waals surface area contributed by atoms with Gasteiger partial charge in [-0.3, -0.25) is 14.4 Å². The van der Waals surface area contributed by atoms with Gasteiger partial charge in [-0.25, -0.2) is 0 Å². The van der Waals surface area contributed by atoms with E-state index in [0.29, 0.717) is 13.0 Å². The molecule has 0 radical (unpaired) electrons. The molecule has 128 valence electrons. The third-order valence-corrected chi connectivity index (χ3v) is 3.34. The van der Waals surface area contributed by atoms with Crippen molar-refractivity contribution in [2.75, 3.05) is 13.2 Å². The molecule has 0 aromatic heterocycles. The van der Waals surface area contributed by atoms with Crippen molar-refractivity contribution < 1.29 is 29.0 Å². The summed E-state index contributed by atoms with van der Waals surface area (Å²) in [4.78, 5) is 32.2. The van der Waals surface area contributed by atoms with Crippen molar-refractivity contribution in [3.8, 4) is 0 Å². The lowest BCUT2D eigenvalue weighted by Gasteiger charge is -2.27. The van der Waals surface area contributed by atoms with E-state index < -0.39 is 11.9 Å². The molecule has 0 amide bonds. The Morgan fingerprint density at radius 3 is 2.36 bits per heavy atom. The lowest BCUT2D eigenvalue weighted by molar-refractivity contribution is -0.151. The smallest absolute Gasteiger partial charge is 0.313 e. The number of carbonyl (C=O) groups excluding carboxylic acids is 2. The zero-order valence-electron chi connectivity index (χ0n) is 13.8. The zero-order valence-corrected chi connectivity index (χ0v) is 13.8. The molecule has 0 bridgehead atoms. The first-order chi connectivity index (χ1) is 10.5. The summed E-state index contributed by atoms with van der Waals surface area (Å²) in [6, 6.07) is 0. The Hall–Kier alpha value is -1.43. The van der Waals surface area contributed by atoms with Gasteiger partial charge < -0.3 is 14.6 Å². The summed E-state index contributed by atoms with van der Waals surface area (Å²) in [5.41, 5.74) is 0. The largest absolute Gasteiger partial charge is 0.481 e. The number of ether oxygens (including phenoxy) is 2. The SMILES string of the molecule is CCC1OCCCC1C(=O)O.CCCC(=O)CC(=O)OCC. The first-order valence-corrected chi connectivity index (χ1v) is 7.97. The Morgan fingerprint density at radius 2 is 1.91 bits per heavy atom. The quantitative estimate of drug-likeness (QED) is 0.573. The number of ketones is 1. The predicted octanol–water partition coefficient (Wildman–Crippen LogP) is 2.59. The number of hydrogen-bond acceptors (Lipinski definition) is 5. The van der Waals surface area contributed by atoms with Gasteiger partial charge in [-0.2, -0.15) is 0 Å². The molecular formula is C16H28O6. The topological polar surface area (TPSA) is 89.9 Å². The first kappa shape index (κ1) is 20.6. The highest BCUT2D eigenvalue weighted by molar-refractivity contribution is 5.95. The molecule has 22 heavy (non-hydrogen) atoms. The average Bonchev–Trinajstić information content (AvgIpc) is 2.48. The molecule has 2 atom stereocenters. The minimum Gasteiger partial charge on any atom is -0.481 e. The molecule has 0 saturated carbocycles. The van der Waals surface area contributed by atoms with Crippen molar-refractivity contribution in [1.82, 2.24) is 0 Å². The van der Waals surface area contributed by atoms with Gasteiger partial charge in [-0.1, -0.05) is 13.8 Å². The second kappa shape index (κ2) is 12.1. The standard InChI is InChI=1S/2C8H14O3/c1-2-7-6(8(9)10)4-3-5-11-7;1-3-5-7(9)6-8(10)11-4-2/h6-7H,2-5H2,1H3,(H,9,10);3-6H2,1-2H3. The number of aliphatic carboxylic acids is 1. The molecule has 0 aliphatic carbocycles. The third kappa shape index (κ3) is 8.77. The summed E-state index contributed by atoms with van der Waals surface area (Å²) >= 11 is 0. The van der Waals surface area contributed by atoms with Gasteiger partial charge in [0, 0.05) is 13.0 Å². The Labute approximate surface area is 132 Å². The third-order valence-electron chi connectivity index (χ3n) is 3.34. The molecule has 1 rings (SSSR count). The van der Waals surface area contributed by atoms with Crippen molar-refractivity contribution >= 4 is 17.7 Å². The molecule has 1 N–H and O–H groups in total. The molecule has 2 unspecified atom stereocenters. The minimum absolute atomic E-state index is 0.0362. The summed E-state index contributed by atoms with van der Waals surface area (Å²) in [6.07, 6.45) is 3.60. The number of carboxylic acid groups (broad SMARTS) is 1. The molecule has 1 heterocycles. The van der Waals surface area contributed by atoms with Crippen molar-refractivity contribution in [3.63, 3.8) is 0 Å². The summed E-state index contributed by atoms with van der Waals surface area (Å²) in [5, 5.41) is 8.76. The zero-order chi connectivity index (χ0) is 17.0. The van der Waals surface area contributed by atoms with E-state index in [2.05, 4.69) is 4.74 Å². The molecule has 0 aromatic rings. The normalized spacial score (nSPS) is 20.5. The molecule has 1 saturated heterocycles. The highest BCUT2D eigenvalue weighted by Gasteiger charge is 2.29. The number of esters is 1. The number of rotatable bonds is 7. The van der Waals surface area contributed by atoms with Crippen LogP contribution in [0.25, 0.3) is 0 Å². The number of Topliss-reactive ketones (excluding diaryl/α,β-unsaturated/α-hetero) is 1. The van der Waals surface area contributed by atoms with Crippen LogP contribution in [0.4, 0.5) is 0 Å². The van der Waals surface area contributed by atoms with Gasteiger partial charge in [0.2, 0.25) is 0 Å². The van der Waals surface area contributed by atoms with Crippen LogP contribution in [0.5, 0.6) is 0 Å². The van der Waals surface area contributed by atoms with Gasteiger partial charge in [0.15, 0.2) is 0 Å². The fourth-order valence-corrected chi connectivity index (χ4v) is 2.27. The van der Waals surface area contributed by atoms with Crippen LogP contribution < -0.4 is 0 Å². The Bertz CT molecular complexity index is 337. The van der Waals surface area contributed by atoms with E-state index in [1.165, 1.54) is 0 Å². The maximum atomic E-state index is 10.8. The summed E-state index contributed by atoms with van der Waals surface area (Å²) in [5.74, 6) is -1.43. The van der Waals surface area contributed by atoms with E-state index in [9.17, 15) is 14.4 Å². The van der Waals surface area contributed by atoms with Gasteiger partial charge in [-0.15, -0.1) is 0 Å². The molecular weight excluding hydrogens is 288 g/mol. The predicted molar refractivity (Wildman–Crippen MR) is 81.6 cm³/mol. The molecule has 6 heteroatoms. The fourth-order valence-electron chi connectivity index (χ4n) is 2.27. The number of carbonyl (C=O) groups is 3. The van der Waals surface area contributed by atoms with Gasteiger partial charge >= 0.3 is 11.9 Å². The van der Waals surface area contributed by atoms with Crippen LogP contribution in [-0.2, 0) is 23.9 Å².